The van der Waals surface area contributed by atoms with Crippen LogP contribution < -0.4 is 10.1 Å². The molecule has 136 valence electrons. The van der Waals surface area contributed by atoms with Gasteiger partial charge in [-0.1, -0.05) is 42.5 Å². The van der Waals surface area contributed by atoms with Gasteiger partial charge in [-0.25, -0.2) is 9.18 Å². The van der Waals surface area contributed by atoms with Crippen molar-refractivity contribution in [1.29, 1.82) is 0 Å². The van der Waals surface area contributed by atoms with Crippen molar-refractivity contribution < 1.29 is 18.7 Å². The highest BCUT2D eigenvalue weighted by Gasteiger charge is 2.36. The maximum atomic E-state index is 13.6. The van der Waals surface area contributed by atoms with E-state index in [0.717, 1.165) is 22.3 Å². The molecule has 1 aliphatic rings. The van der Waals surface area contributed by atoms with Crippen LogP contribution in [-0.2, 0) is 4.74 Å². The van der Waals surface area contributed by atoms with Gasteiger partial charge in [0.05, 0.1) is 13.2 Å². The molecule has 1 N–H and O–H groups in total. The first-order chi connectivity index (χ1) is 13.1. The van der Waals surface area contributed by atoms with E-state index in [1.165, 1.54) is 12.1 Å². The molecule has 4 nitrogen and oxygen atoms in total. The number of amides is 1. The van der Waals surface area contributed by atoms with Gasteiger partial charge in [-0.2, -0.15) is 0 Å². The Morgan fingerprint density at radius 2 is 1.63 bits per heavy atom. The quantitative estimate of drug-likeness (QED) is 0.708. The molecular weight excluding hydrogens is 345 g/mol. The largest absolute Gasteiger partial charge is 0.497 e. The van der Waals surface area contributed by atoms with Crippen molar-refractivity contribution in [3.63, 3.8) is 0 Å². The average molecular weight is 363 g/mol. The minimum atomic E-state index is -0.477. The number of benzene rings is 3. The molecule has 0 aromatic heterocycles. The van der Waals surface area contributed by atoms with Gasteiger partial charge in [0, 0.05) is 0 Å². The number of carbonyl (C=O) groups excluding carboxylic acids is 1. The molecule has 0 radical (unpaired) electrons. The molecule has 0 aliphatic carbocycles. The van der Waals surface area contributed by atoms with Gasteiger partial charge in [0.1, 0.15) is 11.6 Å². The summed E-state index contributed by atoms with van der Waals surface area (Å²) in [6.07, 6.45) is -0.945. The van der Waals surface area contributed by atoms with Gasteiger partial charge in [-0.05, 0) is 52.6 Å². The Morgan fingerprint density at radius 3 is 2.41 bits per heavy atom. The second-order valence-corrected chi connectivity index (χ2v) is 6.36. The van der Waals surface area contributed by atoms with Crippen molar-refractivity contribution in [3.05, 3.63) is 89.7 Å². The second-order valence-electron chi connectivity index (χ2n) is 6.36. The van der Waals surface area contributed by atoms with Crippen LogP contribution in [0, 0.1) is 5.82 Å². The average Bonchev–Trinajstić information content (AvgIpc) is 3.10. The van der Waals surface area contributed by atoms with E-state index in [0.29, 0.717) is 5.75 Å². The third kappa shape index (κ3) is 3.49. The summed E-state index contributed by atoms with van der Waals surface area (Å²) in [5.74, 6) is 0.410. The van der Waals surface area contributed by atoms with Crippen molar-refractivity contribution in [2.75, 3.05) is 7.11 Å². The number of ether oxygens (including phenoxy) is 2. The van der Waals surface area contributed by atoms with Gasteiger partial charge in [0.2, 0.25) is 0 Å². The van der Waals surface area contributed by atoms with Crippen LogP contribution in [0.3, 0.4) is 0 Å². The number of carbonyl (C=O) groups is 1. The van der Waals surface area contributed by atoms with Crippen LogP contribution in [0.2, 0.25) is 0 Å². The van der Waals surface area contributed by atoms with E-state index < -0.39 is 12.2 Å². The van der Waals surface area contributed by atoms with Crippen molar-refractivity contribution in [1.82, 2.24) is 5.32 Å². The zero-order chi connectivity index (χ0) is 18.8. The zero-order valence-corrected chi connectivity index (χ0v) is 14.7. The SMILES string of the molecule is COc1cccc([C@@H]2OC(=O)N[C@H]2c2cccc(-c3cccc(F)c3)c2)c1. The van der Waals surface area contributed by atoms with E-state index in [4.69, 9.17) is 9.47 Å². The molecule has 2 atom stereocenters. The lowest BCUT2D eigenvalue weighted by molar-refractivity contribution is 0.132. The Hall–Kier alpha value is -3.34. The van der Waals surface area contributed by atoms with Crippen LogP contribution in [0.4, 0.5) is 9.18 Å². The predicted molar refractivity (Wildman–Crippen MR) is 99.9 cm³/mol. The van der Waals surface area contributed by atoms with Gasteiger partial charge >= 0.3 is 6.09 Å². The van der Waals surface area contributed by atoms with Crippen LogP contribution in [0.15, 0.2) is 72.8 Å². The molecule has 0 bridgehead atoms. The standard InChI is InChI=1S/C22H18FNO3/c1-26-19-10-4-8-17(13-19)21-20(24-22(25)27-21)16-7-2-5-14(11-16)15-6-3-9-18(23)12-15/h2-13,20-21H,1H3,(H,24,25)/t20-,21-/m0/s1. The highest BCUT2D eigenvalue weighted by atomic mass is 19.1. The maximum absolute atomic E-state index is 13.6. The molecule has 3 aromatic carbocycles. The topological polar surface area (TPSA) is 47.6 Å². The summed E-state index contributed by atoms with van der Waals surface area (Å²) >= 11 is 0. The highest BCUT2D eigenvalue weighted by Crippen LogP contribution is 2.38. The van der Waals surface area contributed by atoms with Crippen LogP contribution in [0.5, 0.6) is 5.75 Å². The molecule has 27 heavy (non-hydrogen) atoms. The van der Waals surface area contributed by atoms with E-state index in [1.54, 1.807) is 13.2 Å². The summed E-state index contributed by atoms with van der Waals surface area (Å²) in [6, 6.07) is 21.2. The third-order valence-corrected chi connectivity index (χ3v) is 4.64. The minimum Gasteiger partial charge on any atom is -0.497 e. The van der Waals surface area contributed by atoms with Crippen LogP contribution in [0.25, 0.3) is 11.1 Å². The summed E-state index contributed by atoms with van der Waals surface area (Å²) in [6.45, 7) is 0. The van der Waals surface area contributed by atoms with Crippen molar-refractivity contribution in [2.45, 2.75) is 12.1 Å². The molecule has 1 aliphatic heterocycles. The van der Waals surface area contributed by atoms with Gasteiger partial charge < -0.3 is 14.8 Å². The normalized spacial score (nSPS) is 18.7. The number of cyclic esters (lactones) is 1. The molecule has 1 fully saturated rings. The van der Waals surface area contributed by atoms with Crippen LogP contribution >= 0.6 is 0 Å². The Bertz CT molecular complexity index is 989. The van der Waals surface area contributed by atoms with Gasteiger partial charge in [0.25, 0.3) is 0 Å². The molecule has 0 unspecified atom stereocenters. The summed E-state index contributed by atoms with van der Waals surface area (Å²) in [7, 11) is 1.60. The molecule has 4 rings (SSSR count). The lowest BCUT2D eigenvalue weighted by Gasteiger charge is -2.19. The Balaban J connectivity index is 1.70. The highest BCUT2D eigenvalue weighted by molar-refractivity contribution is 5.72. The van der Waals surface area contributed by atoms with E-state index in [2.05, 4.69) is 5.32 Å². The fourth-order valence-electron chi connectivity index (χ4n) is 3.34. The molecule has 0 spiro atoms. The number of hydrogen-bond donors (Lipinski definition) is 1. The first kappa shape index (κ1) is 17.1. The predicted octanol–water partition coefficient (Wildman–Crippen LogP) is 5.02. The summed E-state index contributed by atoms with van der Waals surface area (Å²) in [4.78, 5) is 12.0. The fourth-order valence-corrected chi connectivity index (χ4v) is 3.34. The van der Waals surface area contributed by atoms with Crippen LogP contribution in [-0.4, -0.2) is 13.2 Å². The Kier molecular flexibility index (Phi) is 4.50. The maximum Gasteiger partial charge on any atom is 0.408 e. The van der Waals surface area contributed by atoms with E-state index >= 15 is 0 Å². The van der Waals surface area contributed by atoms with Gasteiger partial charge in [0.15, 0.2) is 6.10 Å². The number of halogens is 1. The van der Waals surface area contributed by atoms with Crippen molar-refractivity contribution >= 4 is 6.09 Å². The third-order valence-electron chi connectivity index (χ3n) is 4.64. The lowest BCUT2D eigenvalue weighted by atomic mass is 9.93. The molecule has 0 saturated carbocycles. The smallest absolute Gasteiger partial charge is 0.408 e. The lowest BCUT2D eigenvalue weighted by Crippen LogP contribution is -2.19. The molecule has 1 heterocycles. The summed E-state index contributed by atoms with van der Waals surface area (Å²) in [5, 5.41) is 2.87. The second kappa shape index (κ2) is 7.11. The number of rotatable bonds is 4. The van der Waals surface area contributed by atoms with Crippen molar-refractivity contribution in [3.8, 4) is 16.9 Å². The Morgan fingerprint density at radius 1 is 0.926 bits per heavy atom. The number of alkyl carbamates (subject to hydrolysis) is 1. The summed E-state index contributed by atoms with van der Waals surface area (Å²) in [5.41, 5.74) is 3.38. The number of methoxy groups -OCH3 is 1. The first-order valence-corrected chi connectivity index (χ1v) is 8.61. The monoisotopic (exact) mass is 363 g/mol. The number of nitrogens with one attached hydrogen (secondary N) is 1. The van der Waals surface area contributed by atoms with E-state index in [-0.39, 0.29) is 11.9 Å². The first-order valence-electron chi connectivity index (χ1n) is 8.61. The molecule has 3 aromatic rings. The molecule has 1 amide bonds. The number of hydrogen-bond acceptors (Lipinski definition) is 3. The van der Waals surface area contributed by atoms with Crippen molar-refractivity contribution in [2.24, 2.45) is 0 Å². The van der Waals surface area contributed by atoms with E-state index in [1.807, 2.05) is 54.6 Å². The van der Waals surface area contributed by atoms with Gasteiger partial charge in [-0.15, -0.1) is 0 Å². The van der Waals surface area contributed by atoms with E-state index in [9.17, 15) is 9.18 Å². The molecule has 1 saturated heterocycles. The molecule has 5 heteroatoms. The molecular formula is C22H18FNO3. The fraction of sp³-hybridized carbons (Fsp3) is 0.136. The van der Waals surface area contributed by atoms with Gasteiger partial charge in [-0.3, -0.25) is 0 Å². The summed E-state index contributed by atoms with van der Waals surface area (Å²) < 4.78 is 24.4. The minimum absolute atomic E-state index is 0.287. The Labute approximate surface area is 156 Å². The zero-order valence-electron chi connectivity index (χ0n) is 14.7. The van der Waals surface area contributed by atoms with Crippen LogP contribution in [0.1, 0.15) is 23.3 Å².